The van der Waals surface area contributed by atoms with Crippen LogP contribution in [0, 0.1) is 11.3 Å². The maximum atomic E-state index is 9.34. The fourth-order valence-corrected chi connectivity index (χ4v) is 2.58. The van der Waals surface area contributed by atoms with Gasteiger partial charge in [-0.3, -0.25) is 5.10 Å². The van der Waals surface area contributed by atoms with Gasteiger partial charge in [-0.25, -0.2) is 0 Å². The average molecular weight is 251 g/mol. The number of hydrogen-bond acceptors (Lipinski definition) is 3. The van der Waals surface area contributed by atoms with Crippen LogP contribution in [-0.4, -0.2) is 10.2 Å². The third kappa shape index (κ3) is 1.71. The number of benzene rings is 1. The lowest BCUT2D eigenvalue weighted by Gasteiger charge is -1.96. The van der Waals surface area contributed by atoms with E-state index in [4.69, 9.17) is 0 Å². The number of nitrogens with one attached hydrogen (secondary N) is 1. The molecule has 86 valence electrons. The zero-order chi connectivity index (χ0) is 12.4. The molecule has 0 aliphatic rings. The summed E-state index contributed by atoms with van der Waals surface area (Å²) in [5.41, 5.74) is 3.06. The third-order valence-electron chi connectivity index (χ3n) is 2.69. The van der Waals surface area contributed by atoms with E-state index in [0.717, 1.165) is 16.1 Å². The summed E-state index contributed by atoms with van der Waals surface area (Å²) >= 11 is 1.59. The van der Waals surface area contributed by atoms with Crippen LogP contribution >= 0.6 is 11.3 Å². The highest BCUT2D eigenvalue weighted by Crippen LogP contribution is 2.31. The lowest BCUT2D eigenvalue weighted by molar-refractivity contribution is 1.10. The van der Waals surface area contributed by atoms with E-state index in [9.17, 15) is 5.26 Å². The summed E-state index contributed by atoms with van der Waals surface area (Å²) in [6.45, 7) is 0. The molecule has 0 aliphatic heterocycles. The van der Waals surface area contributed by atoms with Gasteiger partial charge in [-0.15, -0.1) is 11.3 Å². The number of aromatic nitrogens is 2. The molecule has 0 saturated carbocycles. The van der Waals surface area contributed by atoms with E-state index in [1.165, 1.54) is 0 Å². The fourth-order valence-electron chi connectivity index (χ4n) is 1.85. The summed E-state index contributed by atoms with van der Waals surface area (Å²) in [4.78, 5) is 1.03. The quantitative estimate of drug-likeness (QED) is 0.755. The minimum atomic E-state index is 0.601. The first-order valence-electron chi connectivity index (χ1n) is 5.48. The molecular formula is C14H9N3S. The van der Waals surface area contributed by atoms with Crippen molar-refractivity contribution in [1.82, 2.24) is 10.2 Å². The summed E-state index contributed by atoms with van der Waals surface area (Å²) in [6.07, 6.45) is 0. The highest BCUT2D eigenvalue weighted by molar-refractivity contribution is 7.13. The lowest BCUT2D eigenvalue weighted by atomic mass is 10.1. The summed E-state index contributed by atoms with van der Waals surface area (Å²) in [7, 11) is 0. The second-order valence-electron chi connectivity index (χ2n) is 3.78. The van der Waals surface area contributed by atoms with Gasteiger partial charge in [-0.1, -0.05) is 36.4 Å². The Morgan fingerprint density at radius 3 is 2.61 bits per heavy atom. The van der Waals surface area contributed by atoms with Crippen LogP contribution in [0.25, 0.3) is 21.8 Å². The van der Waals surface area contributed by atoms with Crippen molar-refractivity contribution in [3.63, 3.8) is 0 Å². The molecule has 0 fully saturated rings. The van der Waals surface area contributed by atoms with Crippen LogP contribution in [0.5, 0.6) is 0 Å². The van der Waals surface area contributed by atoms with E-state index in [1.807, 2.05) is 47.8 Å². The maximum Gasteiger partial charge on any atom is 0.111 e. The minimum absolute atomic E-state index is 0.601. The van der Waals surface area contributed by atoms with Crippen molar-refractivity contribution in [3.05, 3.63) is 53.4 Å². The molecular weight excluding hydrogens is 242 g/mol. The normalized spacial score (nSPS) is 10.2. The molecule has 18 heavy (non-hydrogen) atoms. The molecule has 3 rings (SSSR count). The second kappa shape index (κ2) is 4.47. The first-order chi connectivity index (χ1) is 8.90. The first-order valence-corrected chi connectivity index (χ1v) is 6.36. The molecule has 0 amide bonds. The minimum Gasteiger partial charge on any atom is -0.275 e. The summed E-state index contributed by atoms with van der Waals surface area (Å²) in [5, 5.41) is 18.6. The molecule has 0 radical (unpaired) electrons. The second-order valence-corrected chi connectivity index (χ2v) is 4.73. The summed E-state index contributed by atoms with van der Waals surface area (Å²) < 4.78 is 0. The first kappa shape index (κ1) is 10.8. The zero-order valence-corrected chi connectivity index (χ0v) is 10.2. The van der Waals surface area contributed by atoms with Crippen LogP contribution in [-0.2, 0) is 0 Å². The number of rotatable bonds is 2. The molecule has 1 aromatic carbocycles. The number of nitrogens with zero attached hydrogens (tertiary/aromatic N) is 2. The van der Waals surface area contributed by atoms with Gasteiger partial charge in [0.05, 0.1) is 10.6 Å². The van der Waals surface area contributed by atoms with E-state index in [1.54, 1.807) is 11.3 Å². The van der Waals surface area contributed by atoms with Gasteiger partial charge >= 0.3 is 0 Å². The van der Waals surface area contributed by atoms with Crippen LogP contribution in [0.2, 0.25) is 0 Å². The van der Waals surface area contributed by atoms with Gasteiger partial charge in [0.15, 0.2) is 0 Å². The molecule has 0 unspecified atom stereocenters. The average Bonchev–Trinajstić information content (AvgIpc) is 3.08. The Labute approximate surface area is 108 Å². The molecule has 0 bridgehead atoms. The van der Waals surface area contributed by atoms with E-state index in [-0.39, 0.29) is 0 Å². The number of thiophene rings is 1. The van der Waals surface area contributed by atoms with E-state index >= 15 is 0 Å². The smallest absolute Gasteiger partial charge is 0.111 e. The molecule has 2 heterocycles. The highest BCUT2D eigenvalue weighted by atomic mass is 32.1. The molecule has 1 N–H and O–H groups in total. The lowest BCUT2D eigenvalue weighted by Crippen LogP contribution is -1.81. The number of H-pyrrole nitrogens is 1. The fraction of sp³-hybridized carbons (Fsp3) is 0. The van der Waals surface area contributed by atoms with E-state index in [2.05, 4.69) is 16.3 Å². The summed E-state index contributed by atoms with van der Waals surface area (Å²) in [6, 6.07) is 15.9. The summed E-state index contributed by atoms with van der Waals surface area (Å²) in [5.74, 6) is 0. The van der Waals surface area contributed by atoms with Gasteiger partial charge < -0.3 is 0 Å². The molecule has 3 nitrogen and oxygen atoms in total. The Morgan fingerprint density at radius 2 is 1.94 bits per heavy atom. The largest absolute Gasteiger partial charge is 0.275 e. The number of hydrogen-bond donors (Lipinski definition) is 1. The van der Waals surface area contributed by atoms with Crippen LogP contribution < -0.4 is 0 Å². The molecule has 0 saturated heterocycles. The Kier molecular flexibility index (Phi) is 2.67. The monoisotopic (exact) mass is 251 g/mol. The van der Waals surface area contributed by atoms with Crippen molar-refractivity contribution in [3.8, 4) is 27.9 Å². The number of aromatic amines is 1. The van der Waals surface area contributed by atoms with Gasteiger partial charge in [0, 0.05) is 5.56 Å². The van der Waals surface area contributed by atoms with Gasteiger partial charge in [-0.05, 0) is 11.4 Å². The molecule has 0 spiro atoms. The zero-order valence-electron chi connectivity index (χ0n) is 9.42. The van der Waals surface area contributed by atoms with E-state index in [0.29, 0.717) is 11.3 Å². The SMILES string of the molecule is N#Cc1c(-c2ccccc2)n[nH]c1-c1cccs1. The van der Waals surface area contributed by atoms with Crippen molar-refractivity contribution >= 4 is 11.3 Å². The van der Waals surface area contributed by atoms with Crippen LogP contribution in [0.4, 0.5) is 0 Å². The Bertz CT molecular complexity index is 690. The molecule has 2 aromatic heterocycles. The van der Waals surface area contributed by atoms with Gasteiger partial charge in [0.2, 0.25) is 0 Å². The van der Waals surface area contributed by atoms with Crippen molar-refractivity contribution < 1.29 is 0 Å². The topological polar surface area (TPSA) is 52.5 Å². The number of nitriles is 1. The van der Waals surface area contributed by atoms with Crippen molar-refractivity contribution in [2.75, 3.05) is 0 Å². The van der Waals surface area contributed by atoms with Crippen LogP contribution in [0.1, 0.15) is 5.56 Å². The molecule has 0 atom stereocenters. The predicted octanol–water partition coefficient (Wildman–Crippen LogP) is 3.68. The van der Waals surface area contributed by atoms with Gasteiger partial charge in [-0.2, -0.15) is 10.4 Å². The van der Waals surface area contributed by atoms with E-state index < -0.39 is 0 Å². The predicted molar refractivity (Wildman–Crippen MR) is 72.1 cm³/mol. The maximum absolute atomic E-state index is 9.34. The van der Waals surface area contributed by atoms with Crippen molar-refractivity contribution in [2.24, 2.45) is 0 Å². The molecule has 0 aliphatic carbocycles. The molecule has 4 heteroatoms. The third-order valence-corrected chi connectivity index (χ3v) is 3.58. The Hall–Kier alpha value is -2.38. The van der Waals surface area contributed by atoms with Crippen LogP contribution in [0.3, 0.4) is 0 Å². The Balaban J connectivity index is 2.17. The standard InChI is InChI=1S/C14H9N3S/c15-9-11-13(10-5-2-1-3-6-10)16-17-14(11)12-7-4-8-18-12/h1-8H,(H,16,17). The highest BCUT2D eigenvalue weighted by Gasteiger charge is 2.16. The Morgan fingerprint density at radius 1 is 1.11 bits per heavy atom. The van der Waals surface area contributed by atoms with Gasteiger partial charge in [0.1, 0.15) is 17.3 Å². The van der Waals surface area contributed by atoms with Gasteiger partial charge in [0.25, 0.3) is 0 Å². The van der Waals surface area contributed by atoms with Crippen LogP contribution in [0.15, 0.2) is 47.8 Å². The van der Waals surface area contributed by atoms with Crippen molar-refractivity contribution in [1.29, 1.82) is 5.26 Å². The molecule has 3 aromatic rings. The van der Waals surface area contributed by atoms with Crippen molar-refractivity contribution in [2.45, 2.75) is 0 Å².